The smallest absolute Gasteiger partial charge is 0.227 e. The van der Waals surface area contributed by atoms with Crippen molar-refractivity contribution in [1.29, 1.82) is 0 Å². The minimum atomic E-state index is 0.170. The number of amides is 1. The second kappa shape index (κ2) is 6.98. The Hall–Kier alpha value is -2.11. The molecule has 118 valence electrons. The SMILES string of the molecule is O=C1CCCN1c1cccc(NC(=S)Nc2ccc(Cl)cc2)c1. The Balaban J connectivity index is 1.66. The highest BCUT2D eigenvalue weighted by Gasteiger charge is 2.21. The highest BCUT2D eigenvalue weighted by molar-refractivity contribution is 7.80. The molecular weight excluding hydrogens is 330 g/mol. The van der Waals surface area contributed by atoms with Crippen LogP contribution >= 0.6 is 23.8 Å². The second-order valence-corrected chi connectivity index (χ2v) is 6.13. The van der Waals surface area contributed by atoms with Crippen molar-refractivity contribution in [2.24, 2.45) is 0 Å². The Morgan fingerprint density at radius 1 is 1.09 bits per heavy atom. The van der Waals surface area contributed by atoms with Crippen LogP contribution in [0.5, 0.6) is 0 Å². The van der Waals surface area contributed by atoms with Gasteiger partial charge in [0.1, 0.15) is 0 Å². The maximum Gasteiger partial charge on any atom is 0.227 e. The molecule has 6 heteroatoms. The molecular formula is C17H16ClN3OS. The van der Waals surface area contributed by atoms with Crippen molar-refractivity contribution in [3.63, 3.8) is 0 Å². The van der Waals surface area contributed by atoms with Crippen LogP contribution < -0.4 is 15.5 Å². The maximum absolute atomic E-state index is 11.8. The van der Waals surface area contributed by atoms with Gasteiger partial charge in [0.25, 0.3) is 0 Å². The summed E-state index contributed by atoms with van der Waals surface area (Å²) in [6.07, 6.45) is 1.53. The zero-order valence-corrected chi connectivity index (χ0v) is 14.0. The van der Waals surface area contributed by atoms with Gasteiger partial charge in [0, 0.05) is 35.1 Å². The minimum absolute atomic E-state index is 0.170. The first kappa shape index (κ1) is 15.8. The first-order chi connectivity index (χ1) is 11.1. The van der Waals surface area contributed by atoms with E-state index in [1.54, 1.807) is 17.0 Å². The molecule has 0 aromatic heterocycles. The molecule has 0 unspecified atom stereocenters. The number of carbonyl (C=O) groups is 1. The number of thiocarbonyl (C=S) groups is 1. The molecule has 3 rings (SSSR count). The van der Waals surface area contributed by atoms with Crippen molar-refractivity contribution in [1.82, 2.24) is 0 Å². The van der Waals surface area contributed by atoms with E-state index in [1.807, 2.05) is 36.4 Å². The molecule has 23 heavy (non-hydrogen) atoms. The predicted molar refractivity (Wildman–Crippen MR) is 99.3 cm³/mol. The molecule has 1 amide bonds. The Kier molecular flexibility index (Phi) is 4.79. The van der Waals surface area contributed by atoms with Crippen molar-refractivity contribution in [2.45, 2.75) is 12.8 Å². The average Bonchev–Trinajstić information content (AvgIpc) is 2.96. The monoisotopic (exact) mass is 345 g/mol. The molecule has 1 heterocycles. The van der Waals surface area contributed by atoms with Crippen LogP contribution in [0.15, 0.2) is 48.5 Å². The number of carbonyl (C=O) groups excluding carboxylic acids is 1. The van der Waals surface area contributed by atoms with Gasteiger partial charge < -0.3 is 15.5 Å². The predicted octanol–water partition coefficient (Wildman–Crippen LogP) is 4.28. The Labute approximate surface area is 145 Å². The third kappa shape index (κ3) is 4.00. The van der Waals surface area contributed by atoms with Gasteiger partial charge in [0.05, 0.1) is 0 Å². The third-order valence-electron chi connectivity index (χ3n) is 3.59. The number of hydrogen-bond donors (Lipinski definition) is 2. The van der Waals surface area contributed by atoms with Crippen LogP contribution in [-0.4, -0.2) is 17.6 Å². The fourth-order valence-electron chi connectivity index (χ4n) is 2.50. The topological polar surface area (TPSA) is 44.4 Å². The average molecular weight is 346 g/mol. The quantitative estimate of drug-likeness (QED) is 0.815. The van der Waals surface area contributed by atoms with Crippen LogP contribution in [0.1, 0.15) is 12.8 Å². The van der Waals surface area contributed by atoms with Gasteiger partial charge in [0.2, 0.25) is 5.91 Å². The number of benzene rings is 2. The number of halogens is 1. The fourth-order valence-corrected chi connectivity index (χ4v) is 2.86. The van der Waals surface area contributed by atoms with Crippen molar-refractivity contribution in [3.05, 3.63) is 53.6 Å². The second-order valence-electron chi connectivity index (χ2n) is 5.29. The fraction of sp³-hybridized carbons (Fsp3) is 0.176. The number of anilines is 3. The van der Waals surface area contributed by atoms with Gasteiger partial charge in [-0.3, -0.25) is 4.79 Å². The summed E-state index contributed by atoms with van der Waals surface area (Å²) in [5.74, 6) is 0.170. The van der Waals surface area contributed by atoms with Crippen molar-refractivity contribution >= 4 is 51.9 Å². The summed E-state index contributed by atoms with van der Waals surface area (Å²) in [6.45, 7) is 0.774. The van der Waals surface area contributed by atoms with Gasteiger partial charge in [-0.2, -0.15) is 0 Å². The van der Waals surface area contributed by atoms with Crippen LogP contribution in [0.25, 0.3) is 0 Å². The molecule has 0 saturated carbocycles. The zero-order valence-electron chi connectivity index (χ0n) is 12.4. The first-order valence-electron chi connectivity index (χ1n) is 7.36. The molecule has 0 atom stereocenters. The molecule has 1 aliphatic heterocycles. The molecule has 1 fully saturated rings. The summed E-state index contributed by atoms with van der Waals surface area (Å²) in [4.78, 5) is 13.6. The number of nitrogens with one attached hydrogen (secondary N) is 2. The molecule has 0 aliphatic carbocycles. The number of nitrogens with zero attached hydrogens (tertiary/aromatic N) is 1. The summed E-state index contributed by atoms with van der Waals surface area (Å²) >= 11 is 11.2. The lowest BCUT2D eigenvalue weighted by Gasteiger charge is -2.17. The molecule has 2 N–H and O–H groups in total. The van der Waals surface area contributed by atoms with Crippen molar-refractivity contribution in [3.8, 4) is 0 Å². The largest absolute Gasteiger partial charge is 0.332 e. The molecule has 1 aliphatic rings. The van der Waals surface area contributed by atoms with E-state index in [0.29, 0.717) is 16.6 Å². The molecule has 4 nitrogen and oxygen atoms in total. The van der Waals surface area contributed by atoms with Gasteiger partial charge in [-0.15, -0.1) is 0 Å². The lowest BCUT2D eigenvalue weighted by Crippen LogP contribution is -2.24. The molecule has 0 spiro atoms. The van der Waals surface area contributed by atoms with Gasteiger partial charge in [-0.1, -0.05) is 17.7 Å². The van der Waals surface area contributed by atoms with Crippen LogP contribution in [0, 0.1) is 0 Å². The van der Waals surface area contributed by atoms with Crippen LogP contribution in [0.4, 0.5) is 17.1 Å². The van der Waals surface area contributed by atoms with Crippen LogP contribution in [0.3, 0.4) is 0 Å². The molecule has 0 bridgehead atoms. The van der Waals surface area contributed by atoms with E-state index in [4.69, 9.17) is 23.8 Å². The lowest BCUT2D eigenvalue weighted by atomic mass is 10.2. The van der Waals surface area contributed by atoms with E-state index >= 15 is 0 Å². The molecule has 1 saturated heterocycles. The van der Waals surface area contributed by atoms with E-state index in [0.717, 1.165) is 30.0 Å². The summed E-state index contributed by atoms with van der Waals surface area (Å²) in [5, 5.41) is 7.39. The van der Waals surface area contributed by atoms with Gasteiger partial charge in [-0.25, -0.2) is 0 Å². The Morgan fingerprint density at radius 2 is 1.83 bits per heavy atom. The molecule has 0 radical (unpaired) electrons. The minimum Gasteiger partial charge on any atom is -0.332 e. The zero-order chi connectivity index (χ0) is 16.2. The summed E-state index contributed by atoms with van der Waals surface area (Å²) in [7, 11) is 0. The maximum atomic E-state index is 11.8. The first-order valence-corrected chi connectivity index (χ1v) is 8.14. The highest BCUT2D eigenvalue weighted by Crippen LogP contribution is 2.24. The molecule has 2 aromatic rings. The number of hydrogen-bond acceptors (Lipinski definition) is 2. The summed E-state index contributed by atoms with van der Waals surface area (Å²) in [5.41, 5.74) is 2.60. The Morgan fingerprint density at radius 3 is 2.52 bits per heavy atom. The van der Waals surface area contributed by atoms with Crippen molar-refractivity contribution in [2.75, 3.05) is 22.1 Å². The third-order valence-corrected chi connectivity index (χ3v) is 4.05. The number of rotatable bonds is 3. The normalized spacial score (nSPS) is 14.0. The van der Waals surface area contributed by atoms with E-state index in [9.17, 15) is 4.79 Å². The van der Waals surface area contributed by atoms with Gasteiger partial charge in [0.15, 0.2) is 5.11 Å². The van der Waals surface area contributed by atoms with E-state index in [2.05, 4.69) is 10.6 Å². The van der Waals surface area contributed by atoms with Gasteiger partial charge >= 0.3 is 0 Å². The summed E-state index contributed by atoms with van der Waals surface area (Å²) < 4.78 is 0. The van der Waals surface area contributed by atoms with E-state index < -0.39 is 0 Å². The lowest BCUT2D eigenvalue weighted by molar-refractivity contribution is -0.117. The standard InChI is InChI=1S/C17H16ClN3OS/c18-12-6-8-13(9-7-12)19-17(23)20-14-3-1-4-15(11-14)21-10-2-5-16(21)22/h1,3-4,6-9,11H,2,5,10H2,(H2,19,20,23). The van der Waals surface area contributed by atoms with Crippen LogP contribution in [0.2, 0.25) is 5.02 Å². The highest BCUT2D eigenvalue weighted by atomic mass is 35.5. The summed E-state index contributed by atoms with van der Waals surface area (Å²) in [6, 6.07) is 15.0. The molecule has 2 aromatic carbocycles. The van der Waals surface area contributed by atoms with E-state index in [-0.39, 0.29) is 5.91 Å². The van der Waals surface area contributed by atoms with Crippen LogP contribution in [-0.2, 0) is 4.79 Å². The van der Waals surface area contributed by atoms with Gasteiger partial charge in [-0.05, 0) is 61.1 Å². The van der Waals surface area contributed by atoms with Crippen molar-refractivity contribution < 1.29 is 4.79 Å². The Bertz CT molecular complexity index is 733. The van der Waals surface area contributed by atoms with E-state index in [1.165, 1.54) is 0 Å².